The number of hydrogen-bond acceptors (Lipinski definition) is 4. The van der Waals surface area contributed by atoms with Crippen molar-refractivity contribution in [2.75, 3.05) is 6.26 Å². The summed E-state index contributed by atoms with van der Waals surface area (Å²) in [7, 11) is 0. The minimum Gasteiger partial charge on any atom is -0.347 e. The standard InChI is InChI=1S/C12H16ClN3OS/c1-18-10-5-3-2-4-8(10)16-12(17)9-6-15-11(13)7-14-9/h6-8,10H,2-5H2,1H3,(H,16,17). The lowest BCUT2D eigenvalue weighted by Gasteiger charge is -2.30. The molecule has 1 aliphatic rings. The Hall–Kier alpha value is -0.810. The van der Waals surface area contributed by atoms with Crippen molar-refractivity contribution in [1.29, 1.82) is 0 Å². The van der Waals surface area contributed by atoms with E-state index in [0.717, 1.165) is 6.42 Å². The molecule has 1 aromatic heterocycles. The Bertz CT molecular complexity index is 412. The maximum Gasteiger partial charge on any atom is 0.271 e. The second-order valence-electron chi connectivity index (χ2n) is 4.36. The van der Waals surface area contributed by atoms with Gasteiger partial charge in [0, 0.05) is 11.3 Å². The van der Waals surface area contributed by atoms with Gasteiger partial charge < -0.3 is 5.32 Å². The number of hydrogen-bond donors (Lipinski definition) is 1. The van der Waals surface area contributed by atoms with Crippen molar-refractivity contribution in [3.63, 3.8) is 0 Å². The van der Waals surface area contributed by atoms with E-state index in [1.165, 1.54) is 31.7 Å². The van der Waals surface area contributed by atoms with Gasteiger partial charge in [-0.1, -0.05) is 24.4 Å². The molecular formula is C12H16ClN3OS. The number of carbonyl (C=O) groups is 1. The minimum atomic E-state index is -0.162. The molecule has 1 amide bonds. The van der Waals surface area contributed by atoms with Crippen LogP contribution in [0.4, 0.5) is 0 Å². The summed E-state index contributed by atoms with van der Waals surface area (Å²) in [6.45, 7) is 0. The molecule has 1 aromatic rings. The largest absolute Gasteiger partial charge is 0.347 e. The molecule has 0 spiro atoms. The third kappa shape index (κ3) is 3.36. The van der Waals surface area contributed by atoms with Crippen molar-refractivity contribution >= 4 is 29.3 Å². The molecule has 0 saturated heterocycles. The smallest absolute Gasteiger partial charge is 0.271 e. The average Bonchev–Trinajstić information content (AvgIpc) is 2.40. The van der Waals surface area contributed by atoms with Crippen LogP contribution in [0.1, 0.15) is 36.2 Å². The quantitative estimate of drug-likeness (QED) is 0.927. The van der Waals surface area contributed by atoms with Crippen LogP contribution in [0.3, 0.4) is 0 Å². The molecular weight excluding hydrogens is 270 g/mol. The zero-order valence-electron chi connectivity index (χ0n) is 10.2. The summed E-state index contributed by atoms with van der Waals surface area (Å²) >= 11 is 7.47. The molecule has 18 heavy (non-hydrogen) atoms. The lowest BCUT2D eigenvalue weighted by atomic mass is 9.95. The maximum atomic E-state index is 12.0. The highest BCUT2D eigenvalue weighted by atomic mass is 35.5. The Morgan fingerprint density at radius 3 is 2.83 bits per heavy atom. The maximum absolute atomic E-state index is 12.0. The van der Waals surface area contributed by atoms with Crippen molar-refractivity contribution in [2.24, 2.45) is 0 Å². The lowest BCUT2D eigenvalue weighted by Crippen LogP contribution is -2.43. The molecule has 2 rings (SSSR count). The first-order chi connectivity index (χ1) is 8.70. The van der Waals surface area contributed by atoms with E-state index in [4.69, 9.17) is 11.6 Å². The summed E-state index contributed by atoms with van der Waals surface area (Å²) in [4.78, 5) is 19.9. The second kappa shape index (κ2) is 6.38. The molecule has 1 fully saturated rings. The summed E-state index contributed by atoms with van der Waals surface area (Å²) < 4.78 is 0. The number of nitrogens with zero attached hydrogens (tertiary/aromatic N) is 2. The van der Waals surface area contributed by atoms with Crippen LogP contribution >= 0.6 is 23.4 Å². The molecule has 4 nitrogen and oxygen atoms in total. The summed E-state index contributed by atoms with van der Waals surface area (Å²) in [5.41, 5.74) is 0.324. The zero-order valence-corrected chi connectivity index (χ0v) is 11.8. The number of aromatic nitrogens is 2. The van der Waals surface area contributed by atoms with Gasteiger partial charge in [0.1, 0.15) is 10.8 Å². The van der Waals surface area contributed by atoms with E-state index in [1.54, 1.807) is 0 Å². The van der Waals surface area contributed by atoms with E-state index >= 15 is 0 Å². The topological polar surface area (TPSA) is 54.9 Å². The third-order valence-electron chi connectivity index (χ3n) is 3.17. The Morgan fingerprint density at radius 2 is 2.17 bits per heavy atom. The number of nitrogens with one attached hydrogen (secondary N) is 1. The average molecular weight is 286 g/mol. The first kappa shape index (κ1) is 13.6. The van der Waals surface area contributed by atoms with Gasteiger partial charge in [0.05, 0.1) is 12.4 Å². The third-order valence-corrected chi connectivity index (χ3v) is 4.54. The highest BCUT2D eigenvalue weighted by molar-refractivity contribution is 7.99. The fourth-order valence-electron chi connectivity index (χ4n) is 2.22. The number of amides is 1. The molecule has 1 heterocycles. The Morgan fingerprint density at radius 1 is 1.39 bits per heavy atom. The first-order valence-electron chi connectivity index (χ1n) is 6.02. The summed E-state index contributed by atoms with van der Waals surface area (Å²) in [6.07, 6.45) is 9.53. The fourth-order valence-corrected chi connectivity index (χ4v) is 3.25. The molecule has 0 aromatic carbocycles. The Labute approximate surface area is 116 Å². The van der Waals surface area contributed by atoms with Crippen LogP contribution in [0.15, 0.2) is 12.4 Å². The van der Waals surface area contributed by atoms with Gasteiger partial charge in [-0.25, -0.2) is 9.97 Å². The molecule has 0 aliphatic heterocycles. The Kier molecular flexibility index (Phi) is 4.83. The van der Waals surface area contributed by atoms with Crippen LogP contribution in [0, 0.1) is 0 Å². The van der Waals surface area contributed by atoms with Crippen LogP contribution in [0.5, 0.6) is 0 Å². The normalized spacial score (nSPS) is 23.7. The number of halogens is 1. The molecule has 0 bridgehead atoms. The van der Waals surface area contributed by atoms with Crippen molar-refractivity contribution in [1.82, 2.24) is 15.3 Å². The number of rotatable bonds is 3. The van der Waals surface area contributed by atoms with E-state index in [0.29, 0.717) is 16.1 Å². The van der Waals surface area contributed by atoms with Gasteiger partial charge in [-0.15, -0.1) is 0 Å². The highest BCUT2D eigenvalue weighted by Crippen LogP contribution is 2.27. The van der Waals surface area contributed by atoms with Crippen LogP contribution in [-0.4, -0.2) is 33.4 Å². The van der Waals surface area contributed by atoms with Crippen LogP contribution in [0.2, 0.25) is 5.15 Å². The van der Waals surface area contributed by atoms with E-state index in [9.17, 15) is 4.79 Å². The van der Waals surface area contributed by atoms with Gasteiger partial charge in [0.2, 0.25) is 0 Å². The lowest BCUT2D eigenvalue weighted by molar-refractivity contribution is 0.0924. The van der Waals surface area contributed by atoms with Crippen molar-refractivity contribution in [2.45, 2.75) is 37.0 Å². The fraction of sp³-hybridized carbons (Fsp3) is 0.583. The molecule has 1 N–H and O–H groups in total. The predicted octanol–water partition coefficient (Wildman–Crippen LogP) is 2.53. The van der Waals surface area contributed by atoms with E-state index in [2.05, 4.69) is 21.5 Å². The highest BCUT2D eigenvalue weighted by Gasteiger charge is 2.26. The van der Waals surface area contributed by atoms with Gasteiger partial charge in [-0.05, 0) is 19.1 Å². The van der Waals surface area contributed by atoms with Crippen LogP contribution in [0.25, 0.3) is 0 Å². The summed E-state index contributed by atoms with van der Waals surface area (Å²) in [5.74, 6) is -0.162. The van der Waals surface area contributed by atoms with Crippen molar-refractivity contribution < 1.29 is 4.79 Å². The molecule has 98 valence electrons. The Balaban J connectivity index is 1.99. The predicted molar refractivity (Wildman–Crippen MR) is 74.1 cm³/mol. The molecule has 6 heteroatoms. The molecule has 1 aliphatic carbocycles. The van der Waals surface area contributed by atoms with E-state index in [-0.39, 0.29) is 11.9 Å². The number of thioether (sulfide) groups is 1. The molecule has 1 saturated carbocycles. The molecule has 0 radical (unpaired) electrons. The van der Waals surface area contributed by atoms with Crippen LogP contribution < -0.4 is 5.32 Å². The summed E-state index contributed by atoms with van der Waals surface area (Å²) in [6, 6.07) is 0.235. The first-order valence-corrected chi connectivity index (χ1v) is 7.68. The SMILES string of the molecule is CSC1CCCCC1NC(=O)c1cnc(Cl)cn1. The minimum absolute atomic E-state index is 0.162. The van der Waals surface area contributed by atoms with Gasteiger partial charge in [0.25, 0.3) is 5.91 Å². The molecule has 2 atom stereocenters. The van der Waals surface area contributed by atoms with Crippen LogP contribution in [-0.2, 0) is 0 Å². The van der Waals surface area contributed by atoms with Gasteiger partial charge in [-0.2, -0.15) is 11.8 Å². The van der Waals surface area contributed by atoms with Crippen molar-refractivity contribution in [3.8, 4) is 0 Å². The summed E-state index contributed by atoms with van der Waals surface area (Å²) in [5, 5.41) is 3.85. The number of carbonyl (C=O) groups excluding carboxylic acids is 1. The second-order valence-corrected chi connectivity index (χ2v) is 5.83. The molecule has 2 unspecified atom stereocenters. The van der Waals surface area contributed by atoms with E-state index in [1.807, 2.05) is 11.8 Å². The van der Waals surface area contributed by atoms with Gasteiger partial charge in [-0.3, -0.25) is 4.79 Å². The van der Waals surface area contributed by atoms with Gasteiger partial charge in [0.15, 0.2) is 0 Å². The van der Waals surface area contributed by atoms with Crippen molar-refractivity contribution in [3.05, 3.63) is 23.2 Å². The monoisotopic (exact) mass is 285 g/mol. The zero-order chi connectivity index (χ0) is 13.0. The van der Waals surface area contributed by atoms with E-state index < -0.39 is 0 Å². The van der Waals surface area contributed by atoms with Gasteiger partial charge >= 0.3 is 0 Å².